The van der Waals surface area contributed by atoms with Crippen molar-refractivity contribution >= 4 is 5.97 Å². The summed E-state index contributed by atoms with van der Waals surface area (Å²) in [5.41, 5.74) is 0.0396. The van der Waals surface area contributed by atoms with Gasteiger partial charge < -0.3 is 14.2 Å². The van der Waals surface area contributed by atoms with E-state index in [1.807, 2.05) is 0 Å². The molecule has 1 rings (SSSR count). The van der Waals surface area contributed by atoms with E-state index in [1.54, 1.807) is 0 Å². The molecule has 0 aliphatic rings. The molecule has 1 N–H and O–H groups in total. The number of carbonyl (C=O) groups is 1. The maximum atomic E-state index is 12.4. The fourth-order valence-electron chi connectivity index (χ4n) is 1.68. The number of esters is 1. The molecule has 8 heteroatoms. The zero-order valence-corrected chi connectivity index (χ0v) is 11.6. The Kier molecular flexibility index (Phi) is 6.44. The van der Waals surface area contributed by atoms with Gasteiger partial charge in [-0.05, 0) is 6.07 Å². The lowest BCUT2D eigenvalue weighted by molar-refractivity contribution is -0.275. The molecule has 1 unspecified atom stereocenters. The minimum absolute atomic E-state index is 0.0396. The Morgan fingerprint density at radius 1 is 1.29 bits per heavy atom. The summed E-state index contributed by atoms with van der Waals surface area (Å²) >= 11 is 0. The van der Waals surface area contributed by atoms with Crippen molar-refractivity contribution in [3.05, 3.63) is 29.8 Å². The highest BCUT2D eigenvalue weighted by Gasteiger charge is 2.34. The third-order valence-electron chi connectivity index (χ3n) is 2.55. The van der Waals surface area contributed by atoms with Gasteiger partial charge in [0, 0.05) is 19.2 Å². The van der Waals surface area contributed by atoms with Crippen molar-refractivity contribution in [1.29, 1.82) is 0 Å². The third kappa shape index (κ3) is 5.60. The van der Waals surface area contributed by atoms with E-state index in [2.05, 4.69) is 14.8 Å². The van der Waals surface area contributed by atoms with Gasteiger partial charge in [0.15, 0.2) is 0 Å². The second-order valence-electron chi connectivity index (χ2n) is 3.99. The summed E-state index contributed by atoms with van der Waals surface area (Å²) < 4.78 is 50.6. The maximum Gasteiger partial charge on any atom is 0.573 e. The molecule has 1 aromatic rings. The number of ether oxygens (including phenoxy) is 3. The average Bonchev–Trinajstić information content (AvgIpc) is 2.42. The lowest BCUT2D eigenvalue weighted by Crippen LogP contribution is -2.33. The topological polar surface area (TPSA) is 56.8 Å². The van der Waals surface area contributed by atoms with Crippen LogP contribution >= 0.6 is 0 Å². The van der Waals surface area contributed by atoms with Crippen LogP contribution in [0.15, 0.2) is 24.3 Å². The molecule has 0 heterocycles. The standard InChI is InChI=1S/C13H16F3NO4/c1-19-8-7-17-11(12(18)20-2)9-5-3-4-6-10(9)21-13(14,15)16/h3-6,11,17H,7-8H2,1-2H3. The summed E-state index contributed by atoms with van der Waals surface area (Å²) in [6.07, 6.45) is -4.84. The van der Waals surface area contributed by atoms with Gasteiger partial charge >= 0.3 is 12.3 Å². The Balaban J connectivity index is 3.03. The van der Waals surface area contributed by atoms with Gasteiger partial charge in [-0.15, -0.1) is 13.2 Å². The summed E-state index contributed by atoms with van der Waals surface area (Å²) in [5, 5.41) is 2.77. The van der Waals surface area contributed by atoms with Crippen molar-refractivity contribution in [3.63, 3.8) is 0 Å². The van der Waals surface area contributed by atoms with Crippen LogP contribution in [0, 0.1) is 0 Å². The van der Waals surface area contributed by atoms with Gasteiger partial charge in [-0.3, -0.25) is 5.32 Å². The first-order valence-corrected chi connectivity index (χ1v) is 6.04. The van der Waals surface area contributed by atoms with Gasteiger partial charge in [-0.2, -0.15) is 0 Å². The zero-order valence-electron chi connectivity index (χ0n) is 11.6. The van der Waals surface area contributed by atoms with Crippen molar-refractivity contribution < 1.29 is 32.2 Å². The van der Waals surface area contributed by atoms with Crippen LogP contribution in [-0.2, 0) is 14.3 Å². The Morgan fingerprint density at radius 3 is 2.52 bits per heavy atom. The second-order valence-corrected chi connectivity index (χ2v) is 3.99. The minimum atomic E-state index is -4.84. The molecule has 0 radical (unpaired) electrons. The monoisotopic (exact) mass is 307 g/mol. The molecule has 0 aromatic heterocycles. The first-order chi connectivity index (χ1) is 9.89. The van der Waals surface area contributed by atoms with Crippen molar-refractivity contribution in [3.8, 4) is 5.75 Å². The largest absolute Gasteiger partial charge is 0.573 e. The van der Waals surface area contributed by atoms with E-state index in [1.165, 1.54) is 25.3 Å². The second kappa shape index (κ2) is 7.84. The van der Waals surface area contributed by atoms with Crippen LogP contribution in [0.1, 0.15) is 11.6 Å². The molecule has 0 bridgehead atoms. The Hall–Kier alpha value is -1.80. The van der Waals surface area contributed by atoms with E-state index in [4.69, 9.17) is 4.74 Å². The highest BCUT2D eigenvalue weighted by Crippen LogP contribution is 2.30. The molecule has 1 atom stereocenters. The number of rotatable bonds is 7. The molecule has 0 fully saturated rings. The van der Waals surface area contributed by atoms with Crippen molar-refractivity contribution in [2.24, 2.45) is 0 Å². The van der Waals surface area contributed by atoms with Gasteiger partial charge in [0.05, 0.1) is 13.7 Å². The lowest BCUT2D eigenvalue weighted by Gasteiger charge is -2.20. The van der Waals surface area contributed by atoms with Crippen molar-refractivity contribution in [2.45, 2.75) is 12.4 Å². The molecule has 118 valence electrons. The van der Waals surface area contributed by atoms with Crippen molar-refractivity contribution in [1.82, 2.24) is 5.32 Å². The summed E-state index contributed by atoms with van der Waals surface area (Å²) in [6.45, 7) is 0.548. The summed E-state index contributed by atoms with van der Waals surface area (Å²) in [4.78, 5) is 11.8. The first-order valence-electron chi connectivity index (χ1n) is 6.04. The fraction of sp³-hybridized carbons (Fsp3) is 0.462. The van der Waals surface area contributed by atoms with Gasteiger partial charge in [-0.1, -0.05) is 18.2 Å². The van der Waals surface area contributed by atoms with Gasteiger partial charge in [0.1, 0.15) is 11.8 Å². The maximum absolute atomic E-state index is 12.4. The van der Waals surface area contributed by atoms with Gasteiger partial charge in [0.2, 0.25) is 0 Å². The fourth-order valence-corrected chi connectivity index (χ4v) is 1.68. The normalized spacial score (nSPS) is 12.8. The lowest BCUT2D eigenvalue weighted by atomic mass is 10.1. The number of benzene rings is 1. The van der Waals surface area contributed by atoms with Gasteiger partial charge in [0.25, 0.3) is 0 Å². The smallest absolute Gasteiger partial charge is 0.468 e. The molecule has 21 heavy (non-hydrogen) atoms. The third-order valence-corrected chi connectivity index (χ3v) is 2.55. The van der Waals surface area contributed by atoms with Crippen molar-refractivity contribution in [2.75, 3.05) is 27.4 Å². The average molecular weight is 307 g/mol. The van der Waals surface area contributed by atoms with Crippen LogP contribution in [0.3, 0.4) is 0 Å². The molecule has 0 saturated carbocycles. The molecular weight excluding hydrogens is 291 g/mol. The molecule has 0 aliphatic heterocycles. The number of para-hydroxylation sites is 1. The highest BCUT2D eigenvalue weighted by atomic mass is 19.4. The van der Waals surface area contributed by atoms with Crippen LogP contribution in [0.2, 0.25) is 0 Å². The molecule has 0 amide bonds. The summed E-state index contributed by atoms with van der Waals surface area (Å²) in [7, 11) is 2.62. The Labute approximate surface area is 120 Å². The Bertz CT molecular complexity index is 465. The summed E-state index contributed by atoms with van der Waals surface area (Å²) in [5.74, 6) is -1.17. The number of hydrogen-bond donors (Lipinski definition) is 1. The molecule has 1 aromatic carbocycles. The van der Waals surface area contributed by atoms with E-state index in [-0.39, 0.29) is 18.7 Å². The quantitative estimate of drug-likeness (QED) is 0.617. The van der Waals surface area contributed by atoms with E-state index in [0.717, 1.165) is 13.2 Å². The van der Waals surface area contributed by atoms with E-state index in [0.29, 0.717) is 0 Å². The van der Waals surface area contributed by atoms with E-state index < -0.39 is 24.1 Å². The van der Waals surface area contributed by atoms with Crippen LogP contribution in [0.25, 0.3) is 0 Å². The number of halogens is 3. The first kappa shape index (κ1) is 17.3. The van der Waals surface area contributed by atoms with Crippen LogP contribution in [-0.4, -0.2) is 39.7 Å². The predicted octanol–water partition coefficient (Wildman–Crippen LogP) is 2.04. The number of hydrogen-bond acceptors (Lipinski definition) is 5. The number of alkyl halides is 3. The molecular formula is C13H16F3NO4. The molecule has 5 nitrogen and oxygen atoms in total. The number of nitrogens with one attached hydrogen (secondary N) is 1. The van der Waals surface area contributed by atoms with Gasteiger partial charge in [-0.25, -0.2) is 4.79 Å². The Morgan fingerprint density at radius 2 is 1.95 bits per heavy atom. The van der Waals surface area contributed by atoms with E-state index >= 15 is 0 Å². The summed E-state index contributed by atoms with van der Waals surface area (Å²) in [6, 6.07) is 4.31. The molecule has 0 spiro atoms. The number of methoxy groups -OCH3 is 2. The minimum Gasteiger partial charge on any atom is -0.468 e. The van der Waals surface area contributed by atoms with Crippen LogP contribution in [0.4, 0.5) is 13.2 Å². The number of carbonyl (C=O) groups excluding carboxylic acids is 1. The molecule has 0 saturated heterocycles. The van der Waals surface area contributed by atoms with E-state index in [9.17, 15) is 18.0 Å². The molecule has 0 aliphatic carbocycles. The zero-order chi connectivity index (χ0) is 15.9. The predicted molar refractivity (Wildman–Crippen MR) is 67.8 cm³/mol. The van der Waals surface area contributed by atoms with Crippen LogP contribution in [0.5, 0.6) is 5.75 Å². The van der Waals surface area contributed by atoms with Crippen LogP contribution < -0.4 is 10.1 Å². The SMILES string of the molecule is COCCNC(C(=O)OC)c1ccccc1OC(F)(F)F. The highest BCUT2D eigenvalue weighted by molar-refractivity contribution is 5.78.